The highest BCUT2D eigenvalue weighted by Gasteiger charge is 2.52. The van der Waals surface area contributed by atoms with E-state index in [1.165, 1.54) is 57.4 Å². The Balaban J connectivity index is 2.92. The maximum Gasteiger partial charge on any atom is 0.345 e. The lowest BCUT2D eigenvalue weighted by Gasteiger charge is -2.23. The van der Waals surface area contributed by atoms with Gasteiger partial charge in [0.15, 0.2) is 0 Å². The minimum absolute atomic E-state index is 0.564. The first-order valence-corrected chi connectivity index (χ1v) is 8.59. The summed E-state index contributed by atoms with van der Waals surface area (Å²) in [4.78, 5) is 23.3. The second-order valence-corrected chi connectivity index (χ2v) is 7.93. The molecule has 1 aliphatic heterocycles. The van der Waals surface area contributed by atoms with Gasteiger partial charge in [0.25, 0.3) is 4.08 Å². The Labute approximate surface area is 104 Å². The fraction of sp³-hybridized carbons (Fsp3) is 0.714. The van der Waals surface area contributed by atoms with Crippen LogP contribution in [0.3, 0.4) is 0 Å². The number of carbonyl (C=O) groups is 2. The molecule has 0 saturated carbocycles. The van der Waals surface area contributed by atoms with Gasteiger partial charge < -0.3 is 9.47 Å². The number of esters is 2. The van der Waals surface area contributed by atoms with Crippen molar-refractivity contribution in [3.8, 4) is 0 Å². The molecule has 0 aromatic carbocycles. The van der Waals surface area contributed by atoms with Gasteiger partial charge in [0, 0.05) is 11.5 Å². The van der Waals surface area contributed by atoms with Crippen LogP contribution in [0.25, 0.3) is 0 Å². The molecule has 8 heteroatoms. The topological polar surface area (TPSA) is 52.6 Å². The second kappa shape index (κ2) is 6.17. The lowest BCUT2D eigenvalue weighted by atomic mass is 10.4. The van der Waals surface area contributed by atoms with Crippen LogP contribution in [-0.4, -0.2) is 41.7 Å². The number of methoxy groups -OCH3 is 2. The van der Waals surface area contributed by atoms with E-state index in [1.807, 2.05) is 0 Å². The maximum absolute atomic E-state index is 11.7. The summed E-state index contributed by atoms with van der Waals surface area (Å²) in [7, 11) is 7.92. The summed E-state index contributed by atoms with van der Waals surface area (Å²) < 4.78 is 8.04. The molecule has 86 valence electrons. The maximum atomic E-state index is 11.7. The van der Waals surface area contributed by atoms with E-state index in [2.05, 4.69) is 9.47 Å². The van der Waals surface area contributed by atoms with Crippen LogP contribution < -0.4 is 0 Å². The predicted octanol–water partition coefficient (Wildman–Crippen LogP) is 1.81. The van der Waals surface area contributed by atoms with Crippen molar-refractivity contribution in [3.05, 3.63) is 0 Å². The van der Waals surface area contributed by atoms with Crippen molar-refractivity contribution in [2.75, 3.05) is 25.7 Å². The van der Waals surface area contributed by atoms with Gasteiger partial charge in [-0.05, 0) is 0 Å². The largest absolute Gasteiger partial charge is 0.467 e. The van der Waals surface area contributed by atoms with Gasteiger partial charge in [-0.3, -0.25) is 0 Å². The van der Waals surface area contributed by atoms with Gasteiger partial charge in [-0.25, -0.2) is 9.59 Å². The fourth-order valence-corrected chi connectivity index (χ4v) is 7.98. The number of rotatable bonds is 2. The Hall–Kier alpha value is 0.340. The van der Waals surface area contributed by atoms with Crippen LogP contribution >= 0.6 is 43.2 Å². The van der Waals surface area contributed by atoms with E-state index in [0.29, 0.717) is 0 Å². The van der Waals surface area contributed by atoms with E-state index in [0.717, 1.165) is 11.5 Å². The average molecular weight is 286 g/mol. The van der Waals surface area contributed by atoms with Crippen molar-refractivity contribution in [2.45, 2.75) is 4.08 Å². The molecule has 1 rings (SSSR count). The molecule has 1 aliphatic rings. The van der Waals surface area contributed by atoms with Gasteiger partial charge in [0.1, 0.15) is 0 Å². The summed E-state index contributed by atoms with van der Waals surface area (Å²) in [6.07, 6.45) is 0. The number of hydrogen-bond acceptors (Lipinski definition) is 8. The van der Waals surface area contributed by atoms with E-state index in [-0.39, 0.29) is 0 Å². The standard InChI is InChI=1S/C7H10O4S4/c1-10-5(8)7(6(9)11-2)14-12-3-4-13-15-7/h3-4H2,1-2H3. The minimum Gasteiger partial charge on any atom is -0.467 e. The molecule has 1 saturated heterocycles. The molecule has 4 nitrogen and oxygen atoms in total. The van der Waals surface area contributed by atoms with Crippen molar-refractivity contribution in [1.29, 1.82) is 0 Å². The van der Waals surface area contributed by atoms with Crippen molar-refractivity contribution < 1.29 is 19.1 Å². The highest BCUT2D eigenvalue weighted by Crippen LogP contribution is 2.53. The van der Waals surface area contributed by atoms with Crippen molar-refractivity contribution in [2.24, 2.45) is 0 Å². The normalized spacial score (nSPS) is 20.1. The van der Waals surface area contributed by atoms with Gasteiger partial charge in [-0.2, -0.15) is 0 Å². The molecule has 1 heterocycles. The van der Waals surface area contributed by atoms with Crippen LogP contribution in [0.2, 0.25) is 0 Å². The van der Waals surface area contributed by atoms with E-state index >= 15 is 0 Å². The Morgan fingerprint density at radius 3 is 1.73 bits per heavy atom. The van der Waals surface area contributed by atoms with Gasteiger partial charge in [0.05, 0.1) is 14.2 Å². The molecule has 0 unspecified atom stereocenters. The third-order valence-electron chi connectivity index (χ3n) is 1.51. The van der Waals surface area contributed by atoms with Crippen LogP contribution in [0.4, 0.5) is 0 Å². The SMILES string of the molecule is COC(=O)C1(C(=O)OC)SSCCSS1. The monoisotopic (exact) mass is 286 g/mol. The zero-order valence-electron chi connectivity index (χ0n) is 8.18. The molecule has 0 atom stereocenters. The predicted molar refractivity (Wildman–Crippen MR) is 66.9 cm³/mol. The van der Waals surface area contributed by atoms with Crippen molar-refractivity contribution in [1.82, 2.24) is 0 Å². The van der Waals surface area contributed by atoms with E-state index in [4.69, 9.17) is 0 Å². The summed E-state index contributed by atoms with van der Waals surface area (Å²) in [6.45, 7) is 0. The average Bonchev–Trinajstić information content (AvgIpc) is 2.53. The molecule has 15 heavy (non-hydrogen) atoms. The zero-order valence-corrected chi connectivity index (χ0v) is 11.4. The summed E-state index contributed by atoms with van der Waals surface area (Å²) in [5.41, 5.74) is 0. The number of hydrogen-bond donors (Lipinski definition) is 0. The molecule has 0 amide bonds. The summed E-state index contributed by atoms with van der Waals surface area (Å²) in [6, 6.07) is 0. The highest BCUT2D eigenvalue weighted by molar-refractivity contribution is 8.87. The lowest BCUT2D eigenvalue weighted by molar-refractivity contribution is -0.151. The quantitative estimate of drug-likeness (QED) is 0.433. The summed E-state index contributed by atoms with van der Waals surface area (Å²) in [5.74, 6) is 0.647. The molecule has 1 fully saturated rings. The molecule has 0 aromatic heterocycles. The molecule has 0 N–H and O–H groups in total. The van der Waals surface area contributed by atoms with Crippen LogP contribution in [0.1, 0.15) is 0 Å². The van der Waals surface area contributed by atoms with Crippen LogP contribution in [-0.2, 0) is 19.1 Å². The number of ether oxygens (including phenoxy) is 2. The molecule has 0 aliphatic carbocycles. The fourth-order valence-electron chi connectivity index (χ4n) is 0.819. The Kier molecular flexibility index (Phi) is 5.51. The van der Waals surface area contributed by atoms with Crippen molar-refractivity contribution >= 4 is 55.1 Å². The molecular formula is C7H10O4S4. The number of carbonyl (C=O) groups excluding carboxylic acids is 2. The molecule has 0 bridgehead atoms. The highest BCUT2D eigenvalue weighted by atomic mass is 33.1. The smallest absolute Gasteiger partial charge is 0.345 e. The Morgan fingerprint density at radius 2 is 1.40 bits per heavy atom. The Bertz CT molecular complexity index is 231. The first-order valence-electron chi connectivity index (χ1n) is 3.95. The van der Waals surface area contributed by atoms with Gasteiger partial charge in [-0.1, -0.05) is 43.2 Å². The third-order valence-corrected chi connectivity index (χ3v) is 8.22. The first-order chi connectivity index (χ1) is 7.17. The van der Waals surface area contributed by atoms with Crippen LogP contribution in [0, 0.1) is 0 Å². The zero-order chi connectivity index (χ0) is 11.3. The molecule has 0 aromatic rings. The van der Waals surface area contributed by atoms with Crippen LogP contribution in [0.15, 0.2) is 0 Å². The van der Waals surface area contributed by atoms with E-state index in [9.17, 15) is 9.59 Å². The Morgan fingerprint density at radius 1 is 1.00 bits per heavy atom. The summed E-state index contributed by atoms with van der Waals surface area (Å²) in [5, 5.41) is 0. The lowest BCUT2D eigenvalue weighted by Crippen LogP contribution is -2.40. The molecular weight excluding hydrogens is 276 g/mol. The minimum atomic E-state index is -1.28. The summed E-state index contributed by atoms with van der Waals surface area (Å²) >= 11 is 0. The molecule has 0 radical (unpaired) electrons. The molecule has 0 spiro atoms. The second-order valence-electron chi connectivity index (χ2n) is 2.41. The van der Waals surface area contributed by atoms with Gasteiger partial charge in [0.2, 0.25) is 0 Å². The van der Waals surface area contributed by atoms with Crippen molar-refractivity contribution in [3.63, 3.8) is 0 Å². The van der Waals surface area contributed by atoms with E-state index < -0.39 is 16.0 Å². The third kappa shape index (κ3) is 2.92. The first kappa shape index (κ1) is 13.4. The van der Waals surface area contributed by atoms with Gasteiger partial charge in [-0.15, -0.1) is 0 Å². The van der Waals surface area contributed by atoms with Gasteiger partial charge >= 0.3 is 11.9 Å². The van der Waals surface area contributed by atoms with E-state index in [1.54, 1.807) is 0 Å². The van der Waals surface area contributed by atoms with Crippen LogP contribution in [0.5, 0.6) is 0 Å².